The van der Waals surface area contributed by atoms with E-state index in [9.17, 15) is 8.42 Å². The largest absolute Gasteiger partial charge is 0.375 e. The van der Waals surface area contributed by atoms with E-state index in [1.807, 2.05) is 13.8 Å². The number of rotatable bonds is 5. The Balaban J connectivity index is 2.80. The van der Waals surface area contributed by atoms with Gasteiger partial charge in [0.2, 0.25) is 0 Å². The van der Waals surface area contributed by atoms with Crippen molar-refractivity contribution in [1.82, 2.24) is 9.78 Å². The van der Waals surface area contributed by atoms with Gasteiger partial charge in [0.1, 0.15) is 10.6 Å². The molecule has 1 aromatic rings. The maximum atomic E-state index is 11.2. The van der Waals surface area contributed by atoms with Gasteiger partial charge in [-0.2, -0.15) is 5.10 Å². The topological polar surface area (TPSA) is 61.2 Å². The molecule has 0 N–H and O–H groups in total. The van der Waals surface area contributed by atoms with Crippen molar-refractivity contribution in [2.24, 2.45) is 13.0 Å². The van der Waals surface area contributed by atoms with Gasteiger partial charge in [0.25, 0.3) is 9.05 Å². The summed E-state index contributed by atoms with van der Waals surface area (Å²) in [7, 11) is 3.16. The SMILES string of the molecule is CC(C)COCc1nn(C)cc1S(=O)(=O)Cl. The highest BCUT2D eigenvalue weighted by Gasteiger charge is 2.19. The minimum Gasteiger partial charge on any atom is -0.375 e. The molecular formula is C9H15ClN2O3S. The quantitative estimate of drug-likeness (QED) is 0.758. The average Bonchev–Trinajstić information content (AvgIpc) is 2.45. The number of hydrogen-bond donors (Lipinski definition) is 0. The van der Waals surface area contributed by atoms with E-state index in [4.69, 9.17) is 15.4 Å². The van der Waals surface area contributed by atoms with Crippen LogP contribution in [0.3, 0.4) is 0 Å². The van der Waals surface area contributed by atoms with Gasteiger partial charge in [-0.1, -0.05) is 13.8 Å². The van der Waals surface area contributed by atoms with Crippen LogP contribution in [0.2, 0.25) is 0 Å². The summed E-state index contributed by atoms with van der Waals surface area (Å²) in [6.45, 7) is 4.73. The molecule has 0 radical (unpaired) electrons. The molecule has 5 nitrogen and oxygen atoms in total. The lowest BCUT2D eigenvalue weighted by Crippen LogP contribution is -2.04. The monoisotopic (exact) mass is 266 g/mol. The van der Waals surface area contributed by atoms with E-state index in [0.29, 0.717) is 18.2 Å². The number of nitrogens with zero attached hydrogens (tertiary/aromatic N) is 2. The molecule has 0 atom stereocenters. The van der Waals surface area contributed by atoms with Crippen LogP contribution >= 0.6 is 10.7 Å². The van der Waals surface area contributed by atoms with Crippen molar-refractivity contribution in [1.29, 1.82) is 0 Å². The van der Waals surface area contributed by atoms with Crippen molar-refractivity contribution in [3.05, 3.63) is 11.9 Å². The molecule has 0 saturated heterocycles. The van der Waals surface area contributed by atoms with Crippen LogP contribution in [-0.2, 0) is 27.4 Å². The molecule has 7 heteroatoms. The standard InChI is InChI=1S/C9H15ClN2O3S/c1-7(2)5-15-6-8-9(16(10,13)14)4-12(3)11-8/h4,7H,5-6H2,1-3H3. The summed E-state index contributed by atoms with van der Waals surface area (Å²) in [5.74, 6) is 0.389. The fraction of sp³-hybridized carbons (Fsp3) is 0.667. The molecule has 0 aliphatic rings. The number of aryl methyl sites for hydroxylation is 1. The van der Waals surface area contributed by atoms with Crippen LogP contribution in [0.1, 0.15) is 19.5 Å². The summed E-state index contributed by atoms with van der Waals surface area (Å²) in [4.78, 5) is 0.0143. The fourth-order valence-corrected chi connectivity index (χ4v) is 2.25. The zero-order valence-electron chi connectivity index (χ0n) is 9.47. The Labute approximate surface area is 99.8 Å². The maximum Gasteiger partial charge on any atom is 0.264 e. The summed E-state index contributed by atoms with van der Waals surface area (Å²) < 4.78 is 29.2. The maximum absolute atomic E-state index is 11.2. The highest BCUT2D eigenvalue weighted by atomic mass is 35.7. The fourth-order valence-electron chi connectivity index (χ4n) is 1.21. The number of halogens is 1. The molecule has 0 fully saturated rings. The average molecular weight is 267 g/mol. The smallest absolute Gasteiger partial charge is 0.264 e. The van der Waals surface area contributed by atoms with Crippen LogP contribution in [-0.4, -0.2) is 24.8 Å². The molecule has 0 aromatic carbocycles. The minimum atomic E-state index is -3.75. The Kier molecular flexibility index (Phi) is 4.35. The first-order valence-electron chi connectivity index (χ1n) is 4.85. The van der Waals surface area contributed by atoms with E-state index in [1.54, 1.807) is 7.05 Å². The zero-order chi connectivity index (χ0) is 12.3. The molecule has 0 aliphatic carbocycles. The second kappa shape index (κ2) is 5.16. The van der Waals surface area contributed by atoms with Crippen molar-refractivity contribution >= 4 is 19.7 Å². The van der Waals surface area contributed by atoms with Gasteiger partial charge in [-0.05, 0) is 5.92 Å². The Morgan fingerprint density at radius 2 is 2.19 bits per heavy atom. The Morgan fingerprint density at radius 3 is 2.69 bits per heavy atom. The molecule has 0 spiro atoms. The van der Waals surface area contributed by atoms with Gasteiger partial charge in [0, 0.05) is 30.5 Å². The van der Waals surface area contributed by atoms with Gasteiger partial charge < -0.3 is 4.74 Å². The number of hydrogen-bond acceptors (Lipinski definition) is 4. The highest BCUT2D eigenvalue weighted by Crippen LogP contribution is 2.19. The van der Waals surface area contributed by atoms with E-state index < -0.39 is 9.05 Å². The molecule has 0 aliphatic heterocycles. The molecule has 0 bridgehead atoms. The lowest BCUT2D eigenvalue weighted by molar-refractivity contribution is 0.0931. The van der Waals surface area contributed by atoms with E-state index in [-0.39, 0.29) is 11.5 Å². The molecule has 0 amide bonds. The molecule has 1 heterocycles. The third kappa shape index (κ3) is 3.77. The van der Waals surface area contributed by atoms with Crippen LogP contribution in [0.25, 0.3) is 0 Å². The lowest BCUT2D eigenvalue weighted by Gasteiger charge is -2.05. The molecule has 0 saturated carbocycles. The second-order valence-electron chi connectivity index (χ2n) is 3.96. The summed E-state index contributed by atoms with van der Waals surface area (Å²) >= 11 is 0. The Bertz CT molecular complexity index is 453. The Hall–Kier alpha value is -0.590. The van der Waals surface area contributed by atoms with Crippen molar-refractivity contribution in [3.8, 4) is 0 Å². The normalized spacial score (nSPS) is 12.3. The summed E-state index contributed by atoms with van der Waals surface area (Å²) in [6, 6.07) is 0. The molecule has 16 heavy (non-hydrogen) atoms. The van der Waals surface area contributed by atoms with E-state index >= 15 is 0 Å². The predicted octanol–water partition coefficient (Wildman–Crippen LogP) is 1.52. The number of ether oxygens (including phenoxy) is 1. The molecule has 92 valence electrons. The van der Waals surface area contributed by atoms with Crippen LogP contribution in [0.15, 0.2) is 11.1 Å². The van der Waals surface area contributed by atoms with Crippen LogP contribution in [0.5, 0.6) is 0 Å². The first-order valence-corrected chi connectivity index (χ1v) is 7.16. The third-order valence-corrected chi connectivity index (χ3v) is 3.18. The van der Waals surface area contributed by atoms with Crippen molar-refractivity contribution in [2.75, 3.05) is 6.61 Å². The first-order chi connectivity index (χ1) is 7.30. The van der Waals surface area contributed by atoms with Gasteiger partial charge >= 0.3 is 0 Å². The van der Waals surface area contributed by atoms with Crippen molar-refractivity contribution < 1.29 is 13.2 Å². The van der Waals surface area contributed by atoms with Gasteiger partial charge in [-0.15, -0.1) is 0 Å². The predicted molar refractivity (Wildman–Crippen MR) is 60.7 cm³/mol. The highest BCUT2D eigenvalue weighted by molar-refractivity contribution is 8.13. The molecule has 1 aromatic heterocycles. The van der Waals surface area contributed by atoms with Gasteiger partial charge in [0.15, 0.2) is 0 Å². The van der Waals surface area contributed by atoms with Gasteiger partial charge in [-0.3, -0.25) is 4.68 Å². The summed E-state index contributed by atoms with van der Waals surface area (Å²) in [5, 5.41) is 4.00. The van der Waals surface area contributed by atoms with Crippen LogP contribution in [0.4, 0.5) is 0 Å². The Morgan fingerprint density at radius 1 is 1.56 bits per heavy atom. The molecule has 0 unspecified atom stereocenters. The van der Waals surface area contributed by atoms with E-state index in [2.05, 4.69) is 5.10 Å². The van der Waals surface area contributed by atoms with E-state index in [0.717, 1.165) is 0 Å². The summed E-state index contributed by atoms with van der Waals surface area (Å²) in [6.07, 6.45) is 1.37. The summed E-state index contributed by atoms with van der Waals surface area (Å²) in [5.41, 5.74) is 0.346. The lowest BCUT2D eigenvalue weighted by atomic mass is 10.2. The minimum absolute atomic E-state index is 0.0143. The van der Waals surface area contributed by atoms with Gasteiger partial charge in [-0.25, -0.2) is 8.42 Å². The number of aromatic nitrogens is 2. The molecular weight excluding hydrogens is 252 g/mol. The van der Waals surface area contributed by atoms with Gasteiger partial charge in [0.05, 0.1) is 6.61 Å². The van der Waals surface area contributed by atoms with Crippen molar-refractivity contribution in [2.45, 2.75) is 25.3 Å². The zero-order valence-corrected chi connectivity index (χ0v) is 11.0. The molecule has 1 rings (SSSR count). The van der Waals surface area contributed by atoms with E-state index in [1.165, 1.54) is 10.9 Å². The first kappa shape index (κ1) is 13.5. The second-order valence-corrected chi connectivity index (χ2v) is 6.49. The van der Waals surface area contributed by atoms with Crippen molar-refractivity contribution in [3.63, 3.8) is 0 Å². The van der Waals surface area contributed by atoms with Crippen LogP contribution < -0.4 is 0 Å². The van der Waals surface area contributed by atoms with Crippen LogP contribution in [0, 0.1) is 5.92 Å². The third-order valence-electron chi connectivity index (χ3n) is 1.82.